The van der Waals surface area contributed by atoms with E-state index in [0.717, 1.165) is 11.1 Å². The quantitative estimate of drug-likeness (QED) is 0.367. The lowest BCUT2D eigenvalue weighted by Crippen LogP contribution is -2.18. The number of aryl methyl sites for hydroxylation is 2. The van der Waals surface area contributed by atoms with E-state index in [-0.39, 0.29) is 22.6 Å². The van der Waals surface area contributed by atoms with E-state index in [4.69, 9.17) is 4.42 Å². The number of carboxylic acid groups (broad SMARTS) is 1. The summed E-state index contributed by atoms with van der Waals surface area (Å²) in [5.74, 6) is -0.674. The van der Waals surface area contributed by atoms with Crippen molar-refractivity contribution in [2.45, 2.75) is 19.9 Å². The molecule has 0 aliphatic rings. The van der Waals surface area contributed by atoms with Gasteiger partial charge in [0.2, 0.25) is 0 Å². The zero-order valence-corrected chi connectivity index (χ0v) is 19.9. The summed E-state index contributed by atoms with van der Waals surface area (Å²) in [6, 6.07) is 16.6. The van der Waals surface area contributed by atoms with Crippen LogP contribution in [-0.2, 0) is 7.05 Å². The number of carboxylic acids is 1. The summed E-state index contributed by atoms with van der Waals surface area (Å²) in [5.41, 5.74) is 2.87. The standard InChI is InChI=1S/C28H23N3O5/c1-15-10-21(16(2)30-23-7-5-4-6-20(23)28(34)35)26-22(11-15)24(32)13-25(36-26)17-8-9-19-18(12-17)14-29-31(3)27(19)33/h4-14,16,30H,1-3H3,(H,34,35). The van der Waals surface area contributed by atoms with Gasteiger partial charge in [0.25, 0.3) is 5.56 Å². The highest BCUT2D eigenvalue weighted by Gasteiger charge is 2.18. The molecule has 5 aromatic rings. The Morgan fingerprint density at radius 3 is 2.61 bits per heavy atom. The van der Waals surface area contributed by atoms with Gasteiger partial charge in [-0.2, -0.15) is 5.10 Å². The van der Waals surface area contributed by atoms with Gasteiger partial charge in [-0.1, -0.05) is 24.3 Å². The third-order valence-corrected chi connectivity index (χ3v) is 6.23. The molecule has 0 spiro atoms. The zero-order valence-electron chi connectivity index (χ0n) is 19.9. The summed E-state index contributed by atoms with van der Waals surface area (Å²) in [5, 5.41) is 18.5. The third kappa shape index (κ3) is 4.02. The Bertz CT molecular complexity index is 1780. The highest BCUT2D eigenvalue weighted by molar-refractivity contribution is 5.94. The lowest BCUT2D eigenvalue weighted by atomic mass is 10.00. The first kappa shape index (κ1) is 23.0. The molecule has 2 heterocycles. The van der Waals surface area contributed by atoms with Crippen LogP contribution in [0.1, 0.15) is 34.5 Å². The lowest BCUT2D eigenvalue weighted by molar-refractivity contribution is 0.0698. The average Bonchev–Trinajstić information content (AvgIpc) is 2.86. The Balaban J connectivity index is 1.65. The monoisotopic (exact) mass is 481 g/mol. The van der Waals surface area contributed by atoms with Crippen LogP contribution in [0.2, 0.25) is 0 Å². The Morgan fingerprint density at radius 1 is 1.06 bits per heavy atom. The molecule has 2 N–H and O–H groups in total. The van der Waals surface area contributed by atoms with Crippen LogP contribution in [0.5, 0.6) is 0 Å². The molecule has 0 bridgehead atoms. The van der Waals surface area contributed by atoms with E-state index in [0.29, 0.717) is 38.8 Å². The Kier molecular flexibility index (Phi) is 5.64. The number of aromatic carboxylic acids is 1. The predicted molar refractivity (Wildman–Crippen MR) is 139 cm³/mol. The highest BCUT2D eigenvalue weighted by atomic mass is 16.4. The molecule has 0 saturated carbocycles. The number of carbonyl (C=O) groups is 1. The second-order valence-corrected chi connectivity index (χ2v) is 8.80. The molecule has 8 heteroatoms. The molecule has 3 aromatic carbocycles. The second kappa shape index (κ2) is 8.81. The maximum atomic E-state index is 13.1. The molecule has 36 heavy (non-hydrogen) atoms. The molecule has 0 fully saturated rings. The first-order chi connectivity index (χ1) is 17.2. The number of hydrogen-bond donors (Lipinski definition) is 2. The van der Waals surface area contributed by atoms with Crippen molar-refractivity contribution >= 4 is 33.4 Å². The predicted octanol–water partition coefficient (Wildman–Crippen LogP) is 4.89. The minimum absolute atomic E-state index is 0.152. The van der Waals surface area contributed by atoms with E-state index in [2.05, 4.69) is 10.4 Å². The van der Waals surface area contributed by atoms with Crippen LogP contribution in [0, 0.1) is 6.92 Å². The lowest BCUT2D eigenvalue weighted by Gasteiger charge is -2.19. The van der Waals surface area contributed by atoms with Gasteiger partial charge in [0.15, 0.2) is 5.43 Å². The van der Waals surface area contributed by atoms with Crippen molar-refractivity contribution in [3.05, 3.63) is 104 Å². The molecular weight excluding hydrogens is 458 g/mol. The van der Waals surface area contributed by atoms with E-state index >= 15 is 0 Å². The summed E-state index contributed by atoms with van der Waals surface area (Å²) in [7, 11) is 1.59. The van der Waals surface area contributed by atoms with Crippen LogP contribution < -0.4 is 16.3 Å². The first-order valence-electron chi connectivity index (χ1n) is 11.4. The topological polar surface area (TPSA) is 114 Å². The molecular formula is C28H23N3O5. The maximum absolute atomic E-state index is 13.1. The molecule has 0 radical (unpaired) electrons. The fourth-order valence-electron chi connectivity index (χ4n) is 4.40. The molecule has 5 rings (SSSR count). The van der Waals surface area contributed by atoms with Crippen LogP contribution in [0.15, 0.2) is 80.9 Å². The number of rotatable bonds is 5. The van der Waals surface area contributed by atoms with Gasteiger partial charge in [0.05, 0.1) is 28.6 Å². The molecule has 0 aliphatic carbocycles. The minimum Gasteiger partial charge on any atom is -0.478 e. The van der Waals surface area contributed by atoms with Crippen LogP contribution >= 0.6 is 0 Å². The molecule has 8 nitrogen and oxygen atoms in total. The van der Waals surface area contributed by atoms with Crippen molar-refractivity contribution in [2.24, 2.45) is 7.05 Å². The number of nitrogens with one attached hydrogen (secondary N) is 1. The molecule has 180 valence electrons. The Labute approximate surface area is 205 Å². The number of nitrogens with zero attached hydrogens (tertiary/aromatic N) is 2. The third-order valence-electron chi connectivity index (χ3n) is 6.23. The first-order valence-corrected chi connectivity index (χ1v) is 11.4. The van der Waals surface area contributed by atoms with E-state index in [1.54, 1.807) is 55.7 Å². The molecule has 1 unspecified atom stereocenters. The summed E-state index contributed by atoms with van der Waals surface area (Å²) < 4.78 is 7.56. The molecule has 0 amide bonds. The van der Waals surface area contributed by atoms with Crippen LogP contribution in [0.25, 0.3) is 33.1 Å². The van der Waals surface area contributed by atoms with Gasteiger partial charge < -0.3 is 14.8 Å². The molecule has 0 saturated heterocycles. The number of benzene rings is 3. The van der Waals surface area contributed by atoms with Crippen molar-refractivity contribution < 1.29 is 14.3 Å². The van der Waals surface area contributed by atoms with Gasteiger partial charge in [0.1, 0.15) is 11.3 Å². The number of fused-ring (bicyclic) bond motifs is 2. The number of anilines is 1. The van der Waals surface area contributed by atoms with E-state index in [1.165, 1.54) is 16.8 Å². The van der Waals surface area contributed by atoms with Gasteiger partial charge in [-0.15, -0.1) is 0 Å². The summed E-state index contributed by atoms with van der Waals surface area (Å²) in [6.07, 6.45) is 1.60. The molecule has 0 aliphatic heterocycles. The number of hydrogen-bond acceptors (Lipinski definition) is 6. The largest absolute Gasteiger partial charge is 0.478 e. The van der Waals surface area contributed by atoms with Crippen LogP contribution in [0.4, 0.5) is 5.69 Å². The van der Waals surface area contributed by atoms with Gasteiger partial charge in [-0.25, -0.2) is 9.48 Å². The van der Waals surface area contributed by atoms with Crippen LogP contribution in [-0.4, -0.2) is 20.9 Å². The SMILES string of the molecule is Cc1cc(C(C)Nc2ccccc2C(=O)O)c2oc(-c3ccc4c(=O)n(C)ncc4c3)cc(=O)c2c1. The summed E-state index contributed by atoms with van der Waals surface area (Å²) >= 11 is 0. The number of aromatic nitrogens is 2. The van der Waals surface area contributed by atoms with Crippen molar-refractivity contribution in [1.82, 2.24) is 9.78 Å². The van der Waals surface area contributed by atoms with Gasteiger partial charge in [-0.3, -0.25) is 9.59 Å². The fraction of sp³-hybridized carbons (Fsp3) is 0.143. The summed E-state index contributed by atoms with van der Waals surface area (Å²) in [6.45, 7) is 3.78. The summed E-state index contributed by atoms with van der Waals surface area (Å²) in [4.78, 5) is 37.2. The molecule has 1 atom stereocenters. The van der Waals surface area contributed by atoms with Crippen molar-refractivity contribution in [2.75, 3.05) is 5.32 Å². The van der Waals surface area contributed by atoms with Crippen molar-refractivity contribution in [3.63, 3.8) is 0 Å². The minimum atomic E-state index is -1.03. The highest BCUT2D eigenvalue weighted by Crippen LogP contribution is 2.32. The van der Waals surface area contributed by atoms with Gasteiger partial charge in [0, 0.05) is 35.3 Å². The second-order valence-electron chi connectivity index (χ2n) is 8.80. The van der Waals surface area contributed by atoms with Crippen LogP contribution in [0.3, 0.4) is 0 Å². The fourth-order valence-corrected chi connectivity index (χ4v) is 4.40. The Hall–Kier alpha value is -4.72. The maximum Gasteiger partial charge on any atom is 0.337 e. The van der Waals surface area contributed by atoms with Crippen molar-refractivity contribution in [1.29, 1.82) is 0 Å². The van der Waals surface area contributed by atoms with E-state index < -0.39 is 5.97 Å². The van der Waals surface area contributed by atoms with Gasteiger partial charge >= 0.3 is 5.97 Å². The smallest absolute Gasteiger partial charge is 0.337 e. The Morgan fingerprint density at radius 2 is 1.83 bits per heavy atom. The number of para-hydroxylation sites is 1. The van der Waals surface area contributed by atoms with E-state index in [9.17, 15) is 19.5 Å². The van der Waals surface area contributed by atoms with Gasteiger partial charge in [-0.05, 0) is 49.7 Å². The zero-order chi connectivity index (χ0) is 25.6. The normalized spacial score (nSPS) is 12.1. The van der Waals surface area contributed by atoms with E-state index in [1.807, 2.05) is 19.9 Å². The molecule has 2 aromatic heterocycles. The van der Waals surface area contributed by atoms with Crippen molar-refractivity contribution in [3.8, 4) is 11.3 Å². The average molecular weight is 482 g/mol.